The molecule has 0 heterocycles. The highest BCUT2D eigenvalue weighted by atomic mass is 14.6. The highest BCUT2D eigenvalue weighted by Crippen LogP contribution is 2.64. The molecule has 0 radical (unpaired) electrons. The van der Waals surface area contributed by atoms with Crippen molar-refractivity contribution >= 4 is 0 Å². The highest BCUT2D eigenvalue weighted by Gasteiger charge is 2.54. The van der Waals surface area contributed by atoms with Gasteiger partial charge in [0.05, 0.1) is 0 Å². The first-order chi connectivity index (χ1) is 9.90. The van der Waals surface area contributed by atoms with E-state index in [1.807, 2.05) is 11.1 Å². The molecule has 8 atom stereocenters. The first kappa shape index (κ1) is 11.1. The van der Waals surface area contributed by atoms with Crippen molar-refractivity contribution in [3.8, 4) is 0 Å². The smallest absolute Gasteiger partial charge is 0.0126 e. The van der Waals surface area contributed by atoms with Gasteiger partial charge in [0.25, 0.3) is 0 Å². The maximum absolute atomic E-state index is 2.79. The van der Waals surface area contributed by atoms with E-state index in [2.05, 4.69) is 12.2 Å². The summed E-state index contributed by atoms with van der Waals surface area (Å²) in [7, 11) is 0. The van der Waals surface area contributed by atoms with Crippen LogP contribution in [-0.2, 0) is 0 Å². The van der Waals surface area contributed by atoms with Crippen molar-refractivity contribution in [2.24, 2.45) is 47.3 Å². The summed E-state index contributed by atoms with van der Waals surface area (Å²) < 4.78 is 0. The monoisotopic (exact) mass is 266 g/mol. The third-order valence-corrected chi connectivity index (χ3v) is 8.36. The Bertz CT molecular complexity index is 476. The van der Waals surface area contributed by atoms with E-state index in [4.69, 9.17) is 0 Å². The van der Waals surface area contributed by atoms with E-state index in [0.29, 0.717) is 0 Å². The van der Waals surface area contributed by atoms with Crippen LogP contribution in [-0.4, -0.2) is 0 Å². The highest BCUT2D eigenvalue weighted by molar-refractivity contribution is 5.45. The zero-order valence-corrected chi connectivity index (χ0v) is 12.4. The molecule has 0 amide bonds. The first-order valence-corrected chi connectivity index (χ1v) is 9.34. The molecule has 0 aromatic heterocycles. The molecule has 0 N–H and O–H groups in total. The van der Waals surface area contributed by atoms with Gasteiger partial charge >= 0.3 is 0 Å². The van der Waals surface area contributed by atoms with Crippen molar-refractivity contribution < 1.29 is 0 Å². The Hall–Kier alpha value is -0.520. The Kier molecular flexibility index (Phi) is 2.01. The van der Waals surface area contributed by atoms with E-state index in [-0.39, 0.29) is 0 Å². The van der Waals surface area contributed by atoms with Crippen molar-refractivity contribution in [3.05, 3.63) is 23.3 Å². The van der Waals surface area contributed by atoms with Crippen LogP contribution in [0.5, 0.6) is 0 Å². The van der Waals surface area contributed by atoms with Gasteiger partial charge in [0, 0.05) is 0 Å². The number of allylic oxidation sites excluding steroid dienone is 4. The summed E-state index contributed by atoms with van der Waals surface area (Å²) >= 11 is 0. The van der Waals surface area contributed by atoms with Gasteiger partial charge in [-0.05, 0) is 110 Å². The standard InChI is InChI=1S/C20H26/c1-3-13-9-17(15-7-5-11(1)19(13)15)18-10-14-4-2-12-6-8-16(18)20(12)14/h9-16,19-20H,1-8H2/t11-,12-,13-,14+,15+,16-,19+,20+/m0/s1. The average molecular weight is 266 g/mol. The van der Waals surface area contributed by atoms with E-state index in [9.17, 15) is 0 Å². The van der Waals surface area contributed by atoms with Gasteiger partial charge in [-0.1, -0.05) is 12.2 Å². The maximum Gasteiger partial charge on any atom is -0.0126 e. The van der Waals surface area contributed by atoms with Crippen LogP contribution >= 0.6 is 0 Å². The van der Waals surface area contributed by atoms with Gasteiger partial charge in [0.1, 0.15) is 0 Å². The predicted octanol–water partition coefficient (Wildman–Crippen LogP) is 4.97. The summed E-state index contributed by atoms with van der Waals surface area (Å²) in [5, 5.41) is 0. The molecule has 0 nitrogen and oxygen atoms in total. The van der Waals surface area contributed by atoms with E-state index in [1.165, 1.54) is 25.7 Å². The molecular weight excluding hydrogens is 240 g/mol. The Morgan fingerprint density at radius 3 is 1.50 bits per heavy atom. The van der Waals surface area contributed by atoms with Gasteiger partial charge in [-0.15, -0.1) is 0 Å². The second-order valence-corrected chi connectivity index (χ2v) is 8.77. The van der Waals surface area contributed by atoms with E-state index >= 15 is 0 Å². The quantitative estimate of drug-likeness (QED) is 0.628. The summed E-state index contributed by atoms with van der Waals surface area (Å²) in [4.78, 5) is 0. The minimum atomic E-state index is 0.987. The lowest BCUT2D eigenvalue weighted by Gasteiger charge is -2.22. The normalized spacial score (nSPS) is 58.0. The zero-order chi connectivity index (χ0) is 12.8. The predicted molar refractivity (Wildman–Crippen MR) is 81.0 cm³/mol. The van der Waals surface area contributed by atoms with E-state index in [1.54, 1.807) is 25.7 Å². The van der Waals surface area contributed by atoms with Gasteiger partial charge in [0.2, 0.25) is 0 Å². The van der Waals surface area contributed by atoms with E-state index in [0.717, 1.165) is 47.3 Å². The van der Waals surface area contributed by atoms with Crippen LogP contribution < -0.4 is 0 Å². The minimum Gasteiger partial charge on any atom is -0.0773 e. The largest absolute Gasteiger partial charge is 0.0773 e. The van der Waals surface area contributed by atoms with Crippen LogP contribution in [0.25, 0.3) is 0 Å². The fraction of sp³-hybridized carbons (Fsp3) is 0.800. The summed E-state index contributed by atoms with van der Waals surface area (Å²) in [5.41, 5.74) is 3.78. The second-order valence-electron chi connectivity index (χ2n) is 8.77. The van der Waals surface area contributed by atoms with Crippen molar-refractivity contribution in [3.63, 3.8) is 0 Å². The molecule has 20 heavy (non-hydrogen) atoms. The lowest BCUT2D eigenvalue weighted by atomic mass is 9.82. The third-order valence-electron chi connectivity index (χ3n) is 8.36. The van der Waals surface area contributed by atoms with Crippen molar-refractivity contribution in [2.75, 3.05) is 0 Å². The number of hydrogen-bond acceptors (Lipinski definition) is 0. The SMILES string of the molecule is C1=C(C2=C[C@H]3CC[C@H]4CC[C@@H]2[C@H]43)[C@H]2CC[C@@H]3CC[C@@H]1[C@@H]32. The Balaban J connectivity index is 1.41. The molecule has 4 saturated carbocycles. The molecular formula is C20H26. The molecule has 0 bridgehead atoms. The fourth-order valence-corrected chi connectivity index (χ4v) is 7.83. The van der Waals surface area contributed by atoms with Gasteiger partial charge in [-0.25, -0.2) is 0 Å². The molecule has 6 rings (SSSR count). The second kappa shape index (κ2) is 3.62. The lowest BCUT2D eigenvalue weighted by Crippen LogP contribution is -2.15. The summed E-state index contributed by atoms with van der Waals surface area (Å²) in [6.45, 7) is 0. The van der Waals surface area contributed by atoms with Gasteiger partial charge in [-0.3, -0.25) is 0 Å². The van der Waals surface area contributed by atoms with Crippen molar-refractivity contribution in [1.82, 2.24) is 0 Å². The average Bonchev–Trinajstić information content (AvgIpc) is 3.18. The zero-order valence-electron chi connectivity index (χ0n) is 12.4. The molecule has 0 aromatic carbocycles. The lowest BCUT2D eigenvalue weighted by molar-refractivity contribution is 0.356. The fourth-order valence-electron chi connectivity index (χ4n) is 7.83. The number of hydrogen-bond donors (Lipinski definition) is 0. The van der Waals surface area contributed by atoms with Crippen LogP contribution in [0, 0.1) is 47.3 Å². The summed E-state index contributed by atoms with van der Waals surface area (Å²) in [5.74, 6) is 8.36. The molecule has 0 unspecified atom stereocenters. The van der Waals surface area contributed by atoms with Gasteiger partial charge in [-0.2, -0.15) is 0 Å². The summed E-state index contributed by atoms with van der Waals surface area (Å²) in [6.07, 6.45) is 17.9. The van der Waals surface area contributed by atoms with Crippen LogP contribution in [0.2, 0.25) is 0 Å². The maximum atomic E-state index is 2.79. The van der Waals surface area contributed by atoms with Crippen molar-refractivity contribution in [1.29, 1.82) is 0 Å². The van der Waals surface area contributed by atoms with Gasteiger partial charge in [0.15, 0.2) is 0 Å². The van der Waals surface area contributed by atoms with Crippen LogP contribution in [0.15, 0.2) is 23.3 Å². The topological polar surface area (TPSA) is 0 Å². The van der Waals surface area contributed by atoms with Crippen LogP contribution in [0.3, 0.4) is 0 Å². The summed E-state index contributed by atoms with van der Waals surface area (Å²) in [6, 6.07) is 0. The first-order valence-electron chi connectivity index (χ1n) is 9.34. The minimum absolute atomic E-state index is 0.987. The molecule has 6 aliphatic carbocycles. The Morgan fingerprint density at radius 1 is 0.550 bits per heavy atom. The molecule has 0 saturated heterocycles. The van der Waals surface area contributed by atoms with Crippen LogP contribution in [0.4, 0.5) is 0 Å². The molecule has 0 heteroatoms. The van der Waals surface area contributed by atoms with Crippen LogP contribution in [0.1, 0.15) is 51.4 Å². The van der Waals surface area contributed by atoms with Gasteiger partial charge < -0.3 is 0 Å². The molecule has 0 aliphatic heterocycles. The Morgan fingerprint density at radius 2 is 1.00 bits per heavy atom. The molecule has 6 aliphatic rings. The third kappa shape index (κ3) is 1.18. The molecule has 106 valence electrons. The van der Waals surface area contributed by atoms with E-state index < -0.39 is 0 Å². The van der Waals surface area contributed by atoms with Crippen molar-refractivity contribution in [2.45, 2.75) is 51.4 Å². The molecule has 0 aromatic rings. The molecule has 4 fully saturated rings. The molecule has 0 spiro atoms. The number of rotatable bonds is 1. The Labute approximate surface area is 122 Å².